The predicted octanol–water partition coefficient (Wildman–Crippen LogP) is 3.88. The maximum Gasteiger partial charge on any atom is 0.161 e. The first kappa shape index (κ1) is 12.7. The molecule has 0 aliphatic rings. The van der Waals surface area contributed by atoms with Crippen LogP contribution in [0.2, 0.25) is 0 Å². The fourth-order valence-electron chi connectivity index (χ4n) is 2.48. The van der Waals surface area contributed by atoms with Gasteiger partial charge in [-0.25, -0.2) is 0 Å². The van der Waals surface area contributed by atoms with Gasteiger partial charge in [-0.05, 0) is 30.3 Å². The van der Waals surface area contributed by atoms with Crippen molar-refractivity contribution >= 4 is 48.9 Å². The van der Waals surface area contributed by atoms with Gasteiger partial charge in [0.1, 0.15) is 11.7 Å². The first-order valence-corrected chi connectivity index (χ1v) is 6.60. The van der Waals surface area contributed by atoms with E-state index in [9.17, 15) is 0 Å². The number of furan rings is 1. The van der Waals surface area contributed by atoms with E-state index in [2.05, 4.69) is 27.0 Å². The standard InChI is InChI=1S/C15H7BrN2O.H2O/c16-9-4-5-12-11(6-9)14-15(19-12)10-3-1-2-8(7-17)13(10)18-14;/h1-6,18H;1H2. The summed E-state index contributed by atoms with van der Waals surface area (Å²) in [6.07, 6.45) is 0. The molecule has 0 aliphatic heterocycles. The fourth-order valence-corrected chi connectivity index (χ4v) is 2.84. The van der Waals surface area contributed by atoms with Crippen LogP contribution in [0.5, 0.6) is 0 Å². The van der Waals surface area contributed by atoms with Gasteiger partial charge in [-0.3, -0.25) is 0 Å². The first-order valence-electron chi connectivity index (χ1n) is 5.80. The van der Waals surface area contributed by atoms with Gasteiger partial charge in [0.2, 0.25) is 0 Å². The van der Waals surface area contributed by atoms with Crippen molar-refractivity contribution in [3.05, 3.63) is 46.4 Å². The van der Waals surface area contributed by atoms with E-state index in [-0.39, 0.29) is 5.48 Å². The van der Waals surface area contributed by atoms with E-state index in [0.717, 1.165) is 37.4 Å². The van der Waals surface area contributed by atoms with Gasteiger partial charge in [-0.2, -0.15) is 5.26 Å². The van der Waals surface area contributed by atoms with E-state index in [1.807, 2.05) is 30.3 Å². The van der Waals surface area contributed by atoms with Crippen LogP contribution in [-0.4, -0.2) is 10.5 Å². The highest BCUT2D eigenvalue weighted by Crippen LogP contribution is 2.35. The zero-order valence-corrected chi connectivity index (χ0v) is 11.8. The Hall–Kier alpha value is -2.29. The molecule has 5 heteroatoms. The molecule has 0 atom stereocenters. The van der Waals surface area contributed by atoms with Gasteiger partial charge in [0.25, 0.3) is 0 Å². The zero-order chi connectivity index (χ0) is 13.0. The molecule has 2 heterocycles. The van der Waals surface area contributed by atoms with Crippen LogP contribution in [0.3, 0.4) is 0 Å². The Morgan fingerprint density at radius 2 is 1.95 bits per heavy atom. The number of aromatic amines is 1. The predicted molar refractivity (Wildman–Crippen MR) is 81.6 cm³/mol. The van der Waals surface area contributed by atoms with Crippen molar-refractivity contribution in [3.8, 4) is 6.07 Å². The minimum absolute atomic E-state index is 0. The third-order valence-corrected chi connectivity index (χ3v) is 3.82. The molecule has 2 aromatic heterocycles. The Kier molecular flexibility index (Phi) is 2.78. The lowest BCUT2D eigenvalue weighted by atomic mass is 10.1. The zero-order valence-electron chi connectivity index (χ0n) is 10.2. The Bertz CT molecular complexity index is 992. The Balaban J connectivity index is 0.00000121. The molecule has 4 nitrogen and oxygen atoms in total. The molecular formula is C15H9BrN2O2. The summed E-state index contributed by atoms with van der Waals surface area (Å²) in [5.74, 6) is 0. The Morgan fingerprint density at radius 3 is 2.75 bits per heavy atom. The molecule has 0 unspecified atom stereocenters. The Labute approximate surface area is 122 Å². The van der Waals surface area contributed by atoms with Gasteiger partial charge in [0.15, 0.2) is 5.58 Å². The minimum atomic E-state index is 0. The van der Waals surface area contributed by atoms with Crippen LogP contribution in [0, 0.1) is 11.3 Å². The summed E-state index contributed by atoms with van der Waals surface area (Å²) in [5, 5.41) is 11.1. The van der Waals surface area contributed by atoms with Gasteiger partial charge < -0.3 is 14.9 Å². The van der Waals surface area contributed by atoms with E-state index in [1.165, 1.54) is 0 Å². The summed E-state index contributed by atoms with van der Waals surface area (Å²) in [6.45, 7) is 0. The highest BCUT2D eigenvalue weighted by Gasteiger charge is 2.14. The number of aromatic nitrogens is 1. The third kappa shape index (κ3) is 1.56. The molecule has 4 rings (SSSR count). The normalized spacial score (nSPS) is 10.8. The molecule has 2 aromatic carbocycles. The van der Waals surface area contributed by atoms with E-state index >= 15 is 0 Å². The molecule has 3 N–H and O–H groups in total. The topological polar surface area (TPSA) is 84.2 Å². The van der Waals surface area contributed by atoms with Crippen molar-refractivity contribution in [2.75, 3.05) is 0 Å². The lowest BCUT2D eigenvalue weighted by molar-refractivity contribution is 0.673. The molecule has 0 bridgehead atoms. The molecule has 0 spiro atoms. The molecule has 98 valence electrons. The summed E-state index contributed by atoms with van der Waals surface area (Å²) in [5.41, 5.74) is 4.05. The van der Waals surface area contributed by atoms with E-state index < -0.39 is 0 Å². The number of nitrogens with zero attached hydrogens (tertiary/aromatic N) is 1. The van der Waals surface area contributed by atoms with Crippen molar-refractivity contribution in [2.24, 2.45) is 0 Å². The van der Waals surface area contributed by atoms with Crippen LogP contribution < -0.4 is 0 Å². The molecule has 0 saturated carbocycles. The lowest BCUT2D eigenvalue weighted by Gasteiger charge is -1.93. The van der Waals surface area contributed by atoms with E-state index in [4.69, 9.17) is 9.68 Å². The van der Waals surface area contributed by atoms with E-state index in [1.54, 1.807) is 6.07 Å². The number of nitriles is 1. The summed E-state index contributed by atoms with van der Waals surface area (Å²) in [6, 6.07) is 13.7. The maximum absolute atomic E-state index is 9.15. The second-order valence-corrected chi connectivity index (χ2v) is 5.33. The second-order valence-electron chi connectivity index (χ2n) is 4.41. The molecule has 0 amide bonds. The smallest absolute Gasteiger partial charge is 0.161 e. The van der Waals surface area contributed by atoms with Crippen molar-refractivity contribution < 1.29 is 9.89 Å². The SMILES string of the molecule is N#Cc1cccc2c1[nH]c1c3cc(Br)ccc3oc21.O. The quantitative estimate of drug-likeness (QED) is 0.531. The largest absolute Gasteiger partial charge is 0.454 e. The van der Waals surface area contributed by atoms with Gasteiger partial charge >= 0.3 is 0 Å². The number of H-pyrrole nitrogens is 1. The number of nitrogens with one attached hydrogen (secondary N) is 1. The fraction of sp³-hybridized carbons (Fsp3) is 0. The number of rotatable bonds is 0. The van der Waals surface area contributed by atoms with Gasteiger partial charge in [0, 0.05) is 15.2 Å². The average Bonchev–Trinajstić information content (AvgIpc) is 2.95. The molecule has 0 radical (unpaired) electrons. The van der Waals surface area contributed by atoms with Crippen molar-refractivity contribution in [1.29, 1.82) is 5.26 Å². The molecule has 20 heavy (non-hydrogen) atoms. The molecular weight excluding hydrogens is 320 g/mol. The van der Waals surface area contributed by atoms with E-state index in [0.29, 0.717) is 5.56 Å². The summed E-state index contributed by atoms with van der Waals surface area (Å²) in [4.78, 5) is 3.31. The van der Waals surface area contributed by atoms with Gasteiger partial charge in [-0.1, -0.05) is 22.0 Å². The molecule has 0 aliphatic carbocycles. The van der Waals surface area contributed by atoms with Crippen molar-refractivity contribution in [1.82, 2.24) is 4.98 Å². The van der Waals surface area contributed by atoms with Crippen LogP contribution in [0.4, 0.5) is 0 Å². The highest BCUT2D eigenvalue weighted by atomic mass is 79.9. The average molecular weight is 329 g/mol. The number of benzene rings is 2. The second kappa shape index (κ2) is 4.37. The number of hydrogen-bond donors (Lipinski definition) is 1. The Morgan fingerprint density at radius 1 is 1.10 bits per heavy atom. The van der Waals surface area contributed by atoms with Gasteiger partial charge in [-0.15, -0.1) is 0 Å². The number of halogens is 1. The molecule has 0 fully saturated rings. The highest BCUT2D eigenvalue weighted by molar-refractivity contribution is 9.10. The van der Waals surface area contributed by atoms with Crippen LogP contribution in [0.25, 0.3) is 33.0 Å². The molecule has 0 saturated heterocycles. The maximum atomic E-state index is 9.15. The number of para-hydroxylation sites is 1. The summed E-state index contributed by atoms with van der Waals surface area (Å²) >= 11 is 3.47. The summed E-state index contributed by atoms with van der Waals surface area (Å²) < 4.78 is 6.90. The summed E-state index contributed by atoms with van der Waals surface area (Å²) in [7, 11) is 0. The molecule has 4 aromatic rings. The monoisotopic (exact) mass is 328 g/mol. The van der Waals surface area contributed by atoms with Crippen molar-refractivity contribution in [3.63, 3.8) is 0 Å². The third-order valence-electron chi connectivity index (χ3n) is 3.33. The van der Waals surface area contributed by atoms with Crippen LogP contribution >= 0.6 is 15.9 Å². The van der Waals surface area contributed by atoms with Crippen molar-refractivity contribution in [2.45, 2.75) is 0 Å². The van der Waals surface area contributed by atoms with Crippen LogP contribution in [0.15, 0.2) is 45.3 Å². The van der Waals surface area contributed by atoms with Crippen LogP contribution in [-0.2, 0) is 0 Å². The van der Waals surface area contributed by atoms with Gasteiger partial charge in [0.05, 0.1) is 16.6 Å². The minimum Gasteiger partial charge on any atom is -0.454 e. The number of fused-ring (bicyclic) bond motifs is 5. The first-order chi connectivity index (χ1) is 9.28. The number of hydrogen-bond acceptors (Lipinski definition) is 2. The lowest BCUT2D eigenvalue weighted by Crippen LogP contribution is -1.76. The van der Waals surface area contributed by atoms with Crippen LogP contribution in [0.1, 0.15) is 5.56 Å².